The van der Waals surface area contributed by atoms with Gasteiger partial charge < -0.3 is 9.80 Å². The van der Waals surface area contributed by atoms with E-state index in [9.17, 15) is 0 Å². The highest BCUT2D eigenvalue weighted by molar-refractivity contribution is 8.03. The molecule has 0 unspecified atom stereocenters. The fourth-order valence-electron chi connectivity index (χ4n) is 6.35. The molecule has 0 fully saturated rings. The number of allylic oxidation sites excluding steroid dienone is 5. The largest absolute Gasteiger partial charge is 0.335 e. The second-order valence-electron chi connectivity index (χ2n) is 11.0. The molecule has 5 aromatic rings. The maximum Gasteiger partial charge on any atom is 0.0801 e. The lowest BCUT2D eigenvalue weighted by Crippen LogP contribution is -2.18. The number of para-hydroxylation sites is 3. The van der Waals surface area contributed by atoms with Crippen LogP contribution in [0.5, 0.6) is 0 Å². The minimum Gasteiger partial charge on any atom is -0.335 e. The first-order chi connectivity index (χ1) is 21.7. The van der Waals surface area contributed by atoms with Crippen molar-refractivity contribution in [2.24, 2.45) is 0 Å². The Morgan fingerprint density at radius 1 is 0.727 bits per heavy atom. The zero-order chi connectivity index (χ0) is 29.9. The van der Waals surface area contributed by atoms with E-state index in [0.717, 1.165) is 25.8 Å². The number of aryl methyl sites for hydroxylation is 1. The first-order valence-electron chi connectivity index (χ1n) is 15.5. The first kappa shape index (κ1) is 28.5. The molecule has 0 saturated carbocycles. The minimum absolute atomic E-state index is 0.949. The maximum absolute atomic E-state index is 2.46. The second kappa shape index (κ2) is 12.8. The number of nitrogens with zero attached hydrogens (tertiary/aromatic N) is 2. The monoisotopic (exact) mass is 608 g/mol. The molecule has 0 radical (unpaired) electrons. The molecule has 44 heavy (non-hydrogen) atoms. The van der Waals surface area contributed by atoms with E-state index < -0.39 is 0 Å². The number of benzene rings is 4. The molecule has 0 N–H and O–H groups in total. The third kappa shape index (κ3) is 5.45. The Morgan fingerprint density at radius 2 is 1.41 bits per heavy atom. The molecule has 4 aromatic carbocycles. The summed E-state index contributed by atoms with van der Waals surface area (Å²) in [6.07, 6.45) is 12.5. The van der Waals surface area contributed by atoms with Crippen molar-refractivity contribution in [3.63, 3.8) is 0 Å². The predicted octanol–water partition coefficient (Wildman–Crippen LogP) is 11.8. The molecule has 0 saturated heterocycles. The average Bonchev–Trinajstić information content (AvgIpc) is 3.76. The van der Waals surface area contributed by atoms with E-state index in [1.165, 1.54) is 64.4 Å². The van der Waals surface area contributed by atoms with E-state index in [1.807, 2.05) is 23.1 Å². The highest BCUT2D eigenvalue weighted by Gasteiger charge is 2.27. The van der Waals surface area contributed by atoms with Crippen molar-refractivity contribution < 1.29 is 0 Å². The third-order valence-corrected chi connectivity index (χ3v) is 10.7. The lowest BCUT2D eigenvalue weighted by Gasteiger charge is -2.28. The quantitative estimate of drug-likeness (QED) is 0.173. The van der Waals surface area contributed by atoms with Crippen molar-refractivity contribution in [2.45, 2.75) is 38.0 Å². The highest BCUT2D eigenvalue weighted by atomic mass is 32.2. The lowest BCUT2D eigenvalue weighted by atomic mass is 10.1. The van der Waals surface area contributed by atoms with Crippen molar-refractivity contribution in [3.05, 3.63) is 160 Å². The summed E-state index contributed by atoms with van der Waals surface area (Å²) in [5.74, 6) is 0. The van der Waals surface area contributed by atoms with Crippen LogP contribution < -0.4 is 9.80 Å². The van der Waals surface area contributed by atoms with Crippen molar-refractivity contribution in [1.29, 1.82) is 0 Å². The van der Waals surface area contributed by atoms with Gasteiger partial charge in [-0.1, -0.05) is 97.6 Å². The molecule has 2 heterocycles. The number of anilines is 3. The summed E-state index contributed by atoms with van der Waals surface area (Å²) in [6.45, 7) is 5.45. The third-order valence-electron chi connectivity index (χ3n) is 8.42. The summed E-state index contributed by atoms with van der Waals surface area (Å²) in [5.41, 5.74) is 9.13. The van der Waals surface area contributed by atoms with Gasteiger partial charge in [-0.05, 0) is 103 Å². The fraction of sp³-hybridized carbons (Fsp3) is 0.150. The van der Waals surface area contributed by atoms with Crippen LogP contribution in [0.3, 0.4) is 0 Å². The molecule has 0 amide bonds. The molecule has 218 valence electrons. The predicted molar refractivity (Wildman–Crippen MR) is 193 cm³/mol. The average molecular weight is 609 g/mol. The molecular formula is C40H36N2S2. The van der Waals surface area contributed by atoms with Gasteiger partial charge in [-0.15, -0.1) is 11.3 Å². The van der Waals surface area contributed by atoms with Crippen LogP contribution in [-0.4, -0.2) is 6.54 Å². The van der Waals surface area contributed by atoms with E-state index >= 15 is 0 Å². The van der Waals surface area contributed by atoms with Crippen LogP contribution in [-0.2, 0) is 6.42 Å². The molecule has 4 heteroatoms. The van der Waals surface area contributed by atoms with Gasteiger partial charge in [0.25, 0.3) is 0 Å². The molecule has 0 spiro atoms. The summed E-state index contributed by atoms with van der Waals surface area (Å²) in [6, 6.07) is 39.2. The van der Waals surface area contributed by atoms with Gasteiger partial charge in [-0.2, -0.15) is 0 Å². The van der Waals surface area contributed by atoms with Gasteiger partial charge in [-0.25, -0.2) is 0 Å². The standard InChI is InChI=1S/C40H36N2S2/c1-3-33-34-19-11-13-21-36(34)43-37(33)27-25-29-23-24-30(26-28-39-41(4-2)35-20-12-14-22-38(35)44-39)40(29)42(31-15-7-5-8-16-31)32-17-9-6-10-18-32/h5-22,25-28H,3-4,23-24H2,1-2H3. The molecular weight excluding hydrogens is 573 g/mol. The molecule has 2 aliphatic rings. The van der Waals surface area contributed by atoms with Crippen molar-refractivity contribution in [1.82, 2.24) is 0 Å². The smallest absolute Gasteiger partial charge is 0.0801 e. The maximum atomic E-state index is 2.46. The molecule has 0 atom stereocenters. The van der Waals surface area contributed by atoms with E-state index in [2.05, 4.69) is 157 Å². The number of fused-ring (bicyclic) bond motifs is 2. The number of thiophene rings is 1. The van der Waals surface area contributed by atoms with E-state index in [-0.39, 0.29) is 0 Å². The first-order valence-corrected chi connectivity index (χ1v) is 17.2. The Morgan fingerprint density at radius 3 is 2.14 bits per heavy atom. The van der Waals surface area contributed by atoms with Crippen molar-refractivity contribution >= 4 is 56.3 Å². The molecule has 1 aliphatic heterocycles. The number of hydrogen-bond acceptors (Lipinski definition) is 4. The summed E-state index contributed by atoms with van der Waals surface area (Å²) in [7, 11) is 0. The van der Waals surface area contributed by atoms with Gasteiger partial charge in [0.2, 0.25) is 0 Å². The topological polar surface area (TPSA) is 6.48 Å². The molecule has 7 rings (SSSR count). The van der Waals surface area contributed by atoms with Gasteiger partial charge in [0.05, 0.1) is 16.4 Å². The zero-order valence-corrected chi connectivity index (χ0v) is 26.9. The Bertz CT molecular complexity index is 1870. The Balaban J connectivity index is 1.36. The number of thioether (sulfide) groups is 1. The SMILES string of the molecule is CCc1c(C=CC2=C(N(c3ccccc3)c3ccccc3)C(=CC=C3Sc4ccccc4N3CC)CC2)sc2ccccc12. The fourth-order valence-corrected chi connectivity index (χ4v) is 8.68. The Hall–Kier alpha value is -4.25. The van der Waals surface area contributed by atoms with Crippen LogP contribution in [0.4, 0.5) is 17.1 Å². The summed E-state index contributed by atoms with van der Waals surface area (Å²) in [4.78, 5) is 7.58. The molecule has 1 aromatic heterocycles. The van der Waals surface area contributed by atoms with Gasteiger partial charge >= 0.3 is 0 Å². The van der Waals surface area contributed by atoms with Gasteiger partial charge in [0, 0.05) is 32.4 Å². The molecule has 0 bridgehead atoms. The zero-order valence-electron chi connectivity index (χ0n) is 25.2. The Kier molecular flexibility index (Phi) is 8.28. The van der Waals surface area contributed by atoms with Gasteiger partial charge in [-0.3, -0.25) is 0 Å². The van der Waals surface area contributed by atoms with E-state index in [0.29, 0.717) is 0 Å². The highest BCUT2D eigenvalue weighted by Crippen LogP contribution is 2.47. The van der Waals surface area contributed by atoms with Crippen molar-refractivity contribution in [2.75, 3.05) is 16.3 Å². The van der Waals surface area contributed by atoms with Crippen LogP contribution in [0.15, 0.2) is 154 Å². The van der Waals surface area contributed by atoms with Crippen LogP contribution in [0.2, 0.25) is 0 Å². The molecule has 1 aliphatic carbocycles. The lowest BCUT2D eigenvalue weighted by molar-refractivity contribution is 1.000. The van der Waals surface area contributed by atoms with Crippen LogP contribution in [0, 0.1) is 0 Å². The Labute approximate surface area is 269 Å². The van der Waals surface area contributed by atoms with Crippen LogP contribution in [0.1, 0.15) is 37.1 Å². The normalized spacial score (nSPS) is 16.6. The minimum atomic E-state index is 0.949. The van der Waals surface area contributed by atoms with Crippen LogP contribution >= 0.6 is 23.1 Å². The van der Waals surface area contributed by atoms with Crippen LogP contribution in [0.25, 0.3) is 16.2 Å². The second-order valence-corrected chi connectivity index (χ2v) is 13.2. The number of rotatable bonds is 8. The summed E-state index contributed by atoms with van der Waals surface area (Å²) < 4.78 is 1.36. The van der Waals surface area contributed by atoms with E-state index in [4.69, 9.17) is 0 Å². The summed E-state index contributed by atoms with van der Waals surface area (Å²) in [5, 5.41) is 2.67. The number of hydrogen-bond donors (Lipinski definition) is 0. The van der Waals surface area contributed by atoms with Gasteiger partial charge in [0.1, 0.15) is 0 Å². The van der Waals surface area contributed by atoms with E-state index in [1.54, 1.807) is 0 Å². The van der Waals surface area contributed by atoms with Gasteiger partial charge in [0.15, 0.2) is 0 Å². The molecule has 2 nitrogen and oxygen atoms in total. The van der Waals surface area contributed by atoms with Crippen molar-refractivity contribution in [3.8, 4) is 0 Å². The summed E-state index contributed by atoms with van der Waals surface area (Å²) >= 11 is 3.77.